The van der Waals surface area contributed by atoms with Gasteiger partial charge in [0, 0.05) is 44.8 Å². The molecule has 0 bridgehead atoms. The fourth-order valence-electron chi connectivity index (χ4n) is 4.59. The molecule has 142 valence electrons. The van der Waals surface area contributed by atoms with Gasteiger partial charge >= 0.3 is 12.1 Å². The minimum Gasteiger partial charge on any atom is -0.481 e. The molecule has 5 nitrogen and oxygen atoms in total. The van der Waals surface area contributed by atoms with Crippen molar-refractivity contribution in [2.45, 2.75) is 25.4 Å². The topological polar surface area (TPSA) is 56.7 Å². The SMILES string of the molecule is O=C(O)[C@@]12CN(CC3CCC3)C[C@@H]1CN(c1cc(C(F)(F)F)ccn1)C2. The van der Waals surface area contributed by atoms with Gasteiger partial charge in [0.25, 0.3) is 0 Å². The molecule has 2 saturated heterocycles. The Morgan fingerprint density at radius 1 is 1.31 bits per heavy atom. The Labute approximate surface area is 149 Å². The number of aromatic nitrogens is 1. The quantitative estimate of drug-likeness (QED) is 0.885. The fraction of sp³-hybridized carbons (Fsp3) is 0.667. The van der Waals surface area contributed by atoms with E-state index in [1.807, 2.05) is 0 Å². The van der Waals surface area contributed by atoms with Gasteiger partial charge in [0.15, 0.2) is 0 Å². The number of anilines is 1. The summed E-state index contributed by atoms with van der Waals surface area (Å²) in [6.45, 7) is 2.74. The maximum absolute atomic E-state index is 13.0. The van der Waals surface area contributed by atoms with Crippen molar-refractivity contribution in [3.8, 4) is 0 Å². The number of fused-ring (bicyclic) bond motifs is 1. The summed E-state index contributed by atoms with van der Waals surface area (Å²) in [5.74, 6) is -0.0641. The highest BCUT2D eigenvalue weighted by molar-refractivity contribution is 5.78. The highest BCUT2D eigenvalue weighted by Gasteiger charge is 2.58. The summed E-state index contributed by atoms with van der Waals surface area (Å²) < 4.78 is 38.9. The first kappa shape index (κ1) is 17.6. The first-order valence-electron chi connectivity index (χ1n) is 9.02. The van der Waals surface area contributed by atoms with Crippen LogP contribution in [0.4, 0.5) is 19.0 Å². The fourth-order valence-corrected chi connectivity index (χ4v) is 4.59. The van der Waals surface area contributed by atoms with Crippen LogP contribution in [0.5, 0.6) is 0 Å². The van der Waals surface area contributed by atoms with E-state index in [9.17, 15) is 23.1 Å². The second kappa shape index (κ2) is 6.11. The molecule has 1 N–H and O–H groups in total. The predicted octanol–water partition coefficient (Wildman–Crippen LogP) is 2.72. The lowest BCUT2D eigenvalue weighted by Crippen LogP contribution is -2.42. The summed E-state index contributed by atoms with van der Waals surface area (Å²) in [6.07, 6.45) is 0.379. The summed E-state index contributed by atoms with van der Waals surface area (Å²) in [6, 6.07) is 1.95. The monoisotopic (exact) mass is 369 g/mol. The molecule has 26 heavy (non-hydrogen) atoms. The van der Waals surface area contributed by atoms with Gasteiger partial charge in [-0.25, -0.2) is 4.98 Å². The van der Waals surface area contributed by atoms with Crippen LogP contribution in [0, 0.1) is 17.3 Å². The molecule has 2 aliphatic heterocycles. The number of likely N-dealkylation sites (tertiary alicyclic amines) is 1. The molecule has 8 heteroatoms. The van der Waals surface area contributed by atoms with Crippen molar-refractivity contribution < 1.29 is 23.1 Å². The number of rotatable bonds is 4. The third-order valence-corrected chi connectivity index (χ3v) is 6.24. The highest BCUT2D eigenvalue weighted by Crippen LogP contribution is 2.45. The number of nitrogens with zero attached hydrogens (tertiary/aromatic N) is 3. The molecule has 3 heterocycles. The van der Waals surface area contributed by atoms with Crippen LogP contribution >= 0.6 is 0 Å². The Bertz CT molecular complexity index is 707. The van der Waals surface area contributed by atoms with Crippen LogP contribution in [0.3, 0.4) is 0 Å². The molecule has 0 radical (unpaired) electrons. The van der Waals surface area contributed by atoms with E-state index < -0.39 is 23.1 Å². The Hall–Kier alpha value is -1.83. The molecule has 1 aliphatic carbocycles. The number of alkyl halides is 3. The van der Waals surface area contributed by atoms with Crippen LogP contribution in [-0.4, -0.2) is 53.7 Å². The van der Waals surface area contributed by atoms with Crippen LogP contribution in [0.2, 0.25) is 0 Å². The number of hydrogen-bond acceptors (Lipinski definition) is 4. The molecule has 3 fully saturated rings. The number of carboxylic acids is 1. The van der Waals surface area contributed by atoms with Gasteiger partial charge in [0.1, 0.15) is 11.2 Å². The van der Waals surface area contributed by atoms with Gasteiger partial charge in [0.05, 0.1) is 5.56 Å². The van der Waals surface area contributed by atoms with E-state index in [0.29, 0.717) is 25.6 Å². The van der Waals surface area contributed by atoms with E-state index in [1.54, 1.807) is 4.90 Å². The van der Waals surface area contributed by atoms with Gasteiger partial charge < -0.3 is 14.9 Å². The average molecular weight is 369 g/mol. The van der Waals surface area contributed by atoms with Gasteiger partial charge in [-0.2, -0.15) is 13.2 Å². The van der Waals surface area contributed by atoms with Gasteiger partial charge in [-0.1, -0.05) is 6.42 Å². The maximum Gasteiger partial charge on any atom is 0.416 e. The first-order chi connectivity index (χ1) is 12.3. The number of hydrogen-bond donors (Lipinski definition) is 1. The zero-order valence-electron chi connectivity index (χ0n) is 14.4. The van der Waals surface area contributed by atoms with Gasteiger partial charge in [-0.3, -0.25) is 4.79 Å². The molecule has 0 spiro atoms. The van der Waals surface area contributed by atoms with Gasteiger partial charge in [0.2, 0.25) is 0 Å². The molecule has 0 amide bonds. The zero-order chi connectivity index (χ0) is 18.5. The van der Waals surface area contributed by atoms with Crippen molar-refractivity contribution in [2.24, 2.45) is 17.3 Å². The third-order valence-electron chi connectivity index (χ3n) is 6.24. The lowest BCUT2D eigenvalue weighted by molar-refractivity contribution is -0.148. The lowest BCUT2D eigenvalue weighted by atomic mass is 9.81. The van der Waals surface area contributed by atoms with Crippen LogP contribution < -0.4 is 4.90 Å². The van der Waals surface area contributed by atoms with E-state index in [0.717, 1.165) is 24.9 Å². The zero-order valence-corrected chi connectivity index (χ0v) is 14.4. The number of halogens is 3. The molecule has 0 unspecified atom stereocenters. The average Bonchev–Trinajstić information content (AvgIpc) is 3.05. The molecule has 4 rings (SSSR count). The molecule has 1 aromatic heterocycles. The van der Waals surface area contributed by atoms with Crippen molar-refractivity contribution in [1.82, 2.24) is 9.88 Å². The number of carboxylic acid groups (broad SMARTS) is 1. The van der Waals surface area contributed by atoms with Crippen molar-refractivity contribution in [1.29, 1.82) is 0 Å². The number of pyridine rings is 1. The van der Waals surface area contributed by atoms with Crippen LogP contribution in [-0.2, 0) is 11.0 Å². The Balaban J connectivity index is 1.52. The Morgan fingerprint density at radius 2 is 2.08 bits per heavy atom. The molecular weight excluding hydrogens is 347 g/mol. The summed E-state index contributed by atoms with van der Waals surface area (Å²) >= 11 is 0. The second-order valence-corrected chi connectivity index (χ2v) is 7.93. The van der Waals surface area contributed by atoms with Gasteiger partial charge in [-0.15, -0.1) is 0 Å². The molecule has 2 atom stereocenters. The van der Waals surface area contributed by atoms with E-state index in [2.05, 4.69) is 9.88 Å². The van der Waals surface area contributed by atoms with Crippen molar-refractivity contribution in [3.05, 3.63) is 23.9 Å². The summed E-state index contributed by atoms with van der Waals surface area (Å²) in [7, 11) is 0. The standard InChI is InChI=1S/C18H22F3N3O2/c19-18(20,21)13-4-5-22-15(6-13)24-9-14-8-23(7-12-2-1-3-12)10-17(14,11-24)16(25)26/h4-6,12,14H,1-3,7-11H2,(H,25,26)/t14-,17-/m1/s1. The maximum atomic E-state index is 13.0. The minimum absolute atomic E-state index is 0.0866. The normalized spacial score (nSPS) is 29.7. The Morgan fingerprint density at radius 3 is 2.65 bits per heavy atom. The first-order valence-corrected chi connectivity index (χ1v) is 9.02. The third kappa shape index (κ3) is 2.94. The van der Waals surface area contributed by atoms with Crippen LogP contribution in [0.25, 0.3) is 0 Å². The highest BCUT2D eigenvalue weighted by atomic mass is 19.4. The van der Waals surface area contributed by atoms with E-state index in [-0.39, 0.29) is 18.3 Å². The lowest BCUT2D eigenvalue weighted by Gasteiger charge is -2.32. The minimum atomic E-state index is -4.43. The molecule has 1 saturated carbocycles. The summed E-state index contributed by atoms with van der Waals surface area (Å²) in [4.78, 5) is 20.1. The largest absolute Gasteiger partial charge is 0.481 e. The van der Waals surface area contributed by atoms with Crippen molar-refractivity contribution in [3.63, 3.8) is 0 Å². The Kier molecular flexibility index (Phi) is 4.13. The summed E-state index contributed by atoms with van der Waals surface area (Å²) in [5.41, 5.74) is -1.67. The van der Waals surface area contributed by atoms with E-state index in [1.165, 1.54) is 19.3 Å². The molecule has 1 aromatic rings. The van der Waals surface area contributed by atoms with Gasteiger partial charge in [-0.05, 0) is 30.9 Å². The second-order valence-electron chi connectivity index (χ2n) is 7.93. The number of aliphatic carboxylic acids is 1. The van der Waals surface area contributed by atoms with Crippen molar-refractivity contribution >= 4 is 11.8 Å². The molecular formula is C18H22F3N3O2. The van der Waals surface area contributed by atoms with Crippen LogP contribution in [0.15, 0.2) is 18.3 Å². The van der Waals surface area contributed by atoms with Crippen LogP contribution in [0.1, 0.15) is 24.8 Å². The molecule has 3 aliphatic rings. The number of carbonyl (C=O) groups is 1. The molecule has 0 aromatic carbocycles. The predicted molar refractivity (Wildman–Crippen MR) is 88.8 cm³/mol. The summed E-state index contributed by atoms with van der Waals surface area (Å²) in [5, 5.41) is 9.89. The van der Waals surface area contributed by atoms with E-state index >= 15 is 0 Å². The van der Waals surface area contributed by atoms with E-state index in [4.69, 9.17) is 0 Å². The smallest absolute Gasteiger partial charge is 0.416 e. The van der Waals surface area contributed by atoms with Crippen molar-refractivity contribution in [2.75, 3.05) is 37.6 Å².